The summed E-state index contributed by atoms with van der Waals surface area (Å²) in [5, 5.41) is 0. The van der Waals surface area contributed by atoms with Crippen LogP contribution in [0.5, 0.6) is 0 Å². The Hall–Kier alpha value is -6.50. The SMILES string of the molecule is CCCCCCC(CCCCC)N=C(N)OC(N(C(=O)OCc1ccccc1)C(=O)OCc1ccccc1)=[N+](C(=O)OCc1ccccc1)C(=O)OCc1ccccc1. The number of nitrogens with zero attached hydrogens (tertiary/aromatic N) is 3. The van der Waals surface area contributed by atoms with Gasteiger partial charge in [-0.2, -0.15) is 19.2 Å². The van der Waals surface area contributed by atoms with Crippen LogP contribution in [0.4, 0.5) is 19.2 Å². The number of rotatable bonds is 18. The van der Waals surface area contributed by atoms with Gasteiger partial charge in [-0.05, 0) is 44.6 Å². The van der Waals surface area contributed by atoms with E-state index in [1.54, 1.807) is 121 Å². The summed E-state index contributed by atoms with van der Waals surface area (Å²) < 4.78 is 28.7. The van der Waals surface area contributed by atoms with Gasteiger partial charge in [0, 0.05) is 0 Å². The fourth-order valence-electron chi connectivity index (χ4n) is 5.80. The minimum atomic E-state index is -1.36. The van der Waals surface area contributed by atoms with E-state index in [9.17, 15) is 19.2 Å². The molecule has 4 amide bonds. The lowest BCUT2D eigenvalue weighted by atomic mass is 10.0. The van der Waals surface area contributed by atoms with Crippen molar-refractivity contribution in [1.29, 1.82) is 0 Å². The standard InChI is InChI=1S/C46H55N4O9/c1-3-5-7-21-31-40(30-12-6-4-2)48-41(47)59-42(49(43(51)55-32-36-22-13-8-14-23-36)44(52)56-33-37-24-15-9-16-25-37)50(45(53)57-34-38-26-17-10-18-27-38)46(54)58-35-39-28-19-11-20-29-39/h8-11,13-20,22-29,40H,3-7,12,21,30-35H2,1-2H3,(H2,47,48)/q+1. The maximum absolute atomic E-state index is 14.2. The van der Waals surface area contributed by atoms with Gasteiger partial charge in [-0.3, -0.25) is 0 Å². The fourth-order valence-corrected chi connectivity index (χ4v) is 5.80. The molecule has 0 aromatic heterocycles. The third-order valence-electron chi connectivity index (χ3n) is 8.97. The average Bonchev–Trinajstić information content (AvgIpc) is 3.26. The van der Waals surface area contributed by atoms with Crippen LogP contribution in [0, 0.1) is 0 Å². The zero-order valence-corrected chi connectivity index (χ0v) is 33.9. The lowest BCUT2D eigenvalue weighted by Crippen LogP contribution is -2.52. The average molecular weight is 808 g/mol. The Balaban J connectivity index is 1.85. The monoisotopic (exact) mass is 807 g/mol. The second-order valence-electron chi connectivity index (χ2n) is 13.7. The Morgan fingerprint density at radius 1 is 0.542 bits per heavy atom. The molecule has 2 N–H and O–H groups in total. The molecule has 0 bridgehead atoms. The van der Waals surface area contributed by atoms with Crippen LogP contribution in [0.1, 0.15) is 93.9 Å². The number of carbonyl (C=O) groups is 4. The van der Waals surface area contributed by atoms with Crippen LogP contribution in [0.2, 0.25) is 0 Å². The second kappa shape index (κ2) is 25.7. The first-order valence-corrected chi connectivity index (χ1v) is 20.1. The molecule has 0 aliphatic heterocycles. The van der Waals surface area contributed by atoms with Gasteiger partial charge >= 0.3 is 30.4 Å². The van der Waals surface area contributed by atoms with Gasteiger partial charge in [0.2, 0.25) is 0 Å². The van der Waals surface area contributed by atoms with Gasteiger partial charge in [-0.15, -0.1) is 0 Å². The van der Waals surface area contributed by atoms with E-state index in [-0.39, 0.29) is 41.9 Å². The van der Waals surface area contributed by atoms with Crippen molar-refractivity contribution in [2.24, 2.45) is 10.7 Å². The van der Waals surface area contributed by atoms with Gasteiger partial charge in [-0.1, -0.05) is 180 Å². The molecule has 1 unspecified atom stereocenters. The smallest absolute Gasteiger partial charge is 0.426 e. The number of ether oxygens (including phenoxy) is 5. The molecule has 0 heterocycles. The van der Waals surface area contributed by atoms with E-state index in [1.807, 2.05) is 0 Å². The highest BCUT2D eigenvalue weighted by Crippen LogP contribution is 2.17. The topological polar surface area (TPSA) is 159 Å². The summed E-state index contributed by atoms with van der Waals surface area (Å²) in [7, 11) is 0. The van der Waals surface area contributed by atoms with E-state index < -0.39 is 36.4 Å². The molecule has 0 radical (unpaired) electrons. The van der Waals surface area contributed by atoms with Crippen LogP contribution in [0.3, 0.4) is 0 Å². The van der Waals surface area contributed by atoms with Crippen LogP contribution in [0.15, 0.2) is 126 Å². The summed E-state index contributed by atoms with van der Waals surface area (Å²) >= 11 is 0. The van der Waals surface area contributed by atoms with Crippen LogP contribution in [-0.2, 0) is 50.1 Å². The number of aliphatic imine (C=N–C) groups is 1. The van der Waals surface area contributed by atoms with E-state index in [1.165, 1.54) is 0 Å². The van der Waals surface area contributed by atoms with E-state index >= 15 is 0 Å². The largest absolute Gasteiger partial charge is 0.521 e. The van der Waals surface area contributed by atoms with Crippen molar-refractivity contribution < 1.29 is 47.4 Å². The van der Waals surface area contributed by atoms with Gasteiger partial charge in [0.1, 0.15) is 26.4 Å². The number of carbonyl (C=O) groups excluding carboxylic acids is 4. The lowest BCUT2D eigenvalue weighted by molar-refractivity contribution is -0.385. The molecule has 0 aliphatic rings. The highest BCUT2D eigenvalue weighted by molar-refractivity contribution is 6.08. The maximum Gasteiger partial charge on any atom is 0.521 e. The van der Waals surface area contributed by atoms with Crippen molar-refractivity contribution in [3.8, 4) is 0 Å². The Bertz CT molecular complexity index is 1830. The zero-order chi connectivity index (χ0) is 42.1. The van der Waals surface area contributed by atoms with Gasteiger partial charge in [0.15, 0.2) is 0 Å². The molecular formula is C46H55N4O9+. The van der Waals surface area contributed by atoms with Crippen LogP contribution < -0.4 is 5.73 Å². The molecule has 0 aliphatic carbocycles. The van der Waals surface area contributed by atoms with Crippen LogP contribution in [0.25, 0.3) is 0 Å². The second-order valence-corrected chi connectivity index (χ2v) is 13.7. The summed E-state index contributed by atoms with van der Waals surface area (Å²) in [5.41, 5.74) is 8.83. The van der Waals surface area contributed by atoms with Crippen molar-refractivity contribution in [1.82, 2.24) is 4.90 Å². The Labute approximate surface area is 346 Å². The van der Waals surface area contributed by atoms with Gasteiger partial charge < -0.3 is 29.4 Å². The number of benzene rings is 4. The number of hydrogen-bond acceptors (Lipinski definition) is 10. The number of amidine groups is 2. The molecular weight excluding hydrogens is 753 g/mol. The van der Waals surface area contributed by atoms with Crippen molar-refractivity contribution >= 4 is 36.4 Å². The summed E-state index contributed by atoms with van der Waals surface area (Å²) in [6.45, 7) is 3.03. The number of amides is 4. The van der Waals surface area contributed by atoms with Crippen molar-refractivity contribution in [3.63, 3.8) is 0 Å². The van der Waals surface area contributed by atoms with E-state index in [4.69, 9.17) is 29.4 Å². The predicted octanol–water partition coefficient (Wildman–Crippen LogP) is 10.3. The molecule has 4 rings (SSSR count). The molecule has 59 heavy (non-hydrogen) atoms. The van der Waals surface area contributed by atoms with Crippen LogP contribution in [-0.4, -0.2) is 51.9 Å². The van der Waals surface area contributed by atoms with Crippen molar-refractivity contribution in [2.75, 3.05) is 0 Å². The summed E-state index contributed by atoms with van der Waals surface area (Å²) in [4.78, 5) is 61.7. The number of unbranched alkanes of at least 4 members (excludes halogenated alkanes) is 5. The molecule has 1 atom stereocenters. The Kier molecular flexibility index (Phi) is 19.7. The summed E-state index contributed by atoms with van der Waals surface area (Å²) in [5.74, 6) is 0. The Morgan fingerprint density at radius 2 is 0.898 bits per heavy atom. The normalized spacial score (nSPS) is 11.5. The molecule has 312 valence electrons. The highest BCUT2D eigenvalue weighted by Gasteiger charge is 2.49. The quantitative estimate of drug-likeness (QED) is 0.0337. The molecule has 0 spiro atoms. The summed E-state index contributed by atoms with van der Waals surface area (Å²) in [6, 6.07) is 33.0. The molecule has 13 nitrogen and oxygen atoms in total. The first-order valence-electron chi connectivity index (χ1n) is 20.1. The molecule has 0 saturated heterocycles. The first kappa shape index (κ1) is 45.2. The maximum atomic E-state index is 14.2. The van der Waals surface area contributed by atoms with Gasteiger partial charge in [0.05, 0.1) is 6.04 Å². The third kappa shape index (κ3) is 16.1. The van der Waals surface area contributed by atoms with Crippen molar-refractivity contribution in [2.45, 2.75) is 104 Å². The first-order chi connectivity index (χ1) is 28.8. The van der Waals surface area contributed by atoms with Gasteiger partial charge in [-0.25, -0.2) is 4.99 Å². The number of nitrogens with two attached hydrogens (primary N) is 1. The minimum absolute atomic E-state index is 0.273. The van der Waals surface area contributed by atoms with Crippen molar-refractivity contribution in [3.05, 3.63) is 144 Å². The number of imide groups is 2. The molecule has 13 heteroatoms. The molecule has 0 fully saturated rings. The number of hydrogen-bond donors (Lipinski definition) is 1. The molecule has 0 saturated carbocycles. The van der Waals surface area contributed by atoms with E-state index in [0.717, 1.165) is 44.9 Å². The molecule has 4 aromatic rings. The minimum Gasteiger partial charge on any atom is -0.426 e. The van der Waals surface area contributed by atoms with Crippen LogP contribution >= 0.6 is 0 Å². The van der Waals surface area contributed by atoms with E-state index in [2.05, 4.69) is 18.8 Å². The lowest BCUT2D eigenvalue weighted by Gasteiger charge is -2.18. The molecule has 4 aromatic carbocycles. The zero-order valence-electron chi connectivity index (χ0n) is 33.9. The highest BCUT2D eigenvalue weighted by atomic mass is 16.6. The van der Waals surface area contributed by atoms with Gasteiger partial charge in [0.25, 0.3) is 6.02 Å². The third-order valence-corrected chi connectivity index (χ3v) is 8.97. The predicted molar refractivity (Wildman–Crippen MR) is 223 cm³/mol. The fraction of sp³-hybridized carbons (Fsp3) is 0.348. The Morgan fingerprint density at radius 3 is 1.29 bits per heavy atom. The summed E-state index contributed by atoms with van der Waals surface area (Å²) in [6.07, 6.45) is 2.78. The van der Waals surface area contributed by atoms with E-state index in [0.29, 0.717) is 35.1 Å².